The monoisotopic (exact) mass is 229 g/mol. The van der Waals surface area contributed by atoms with Crippen LogP contribution in [0.2, 0.25) is 0 Å². The van der Waals surface area contributed by atoms with Gasteiger partial charge in [0.25, 0.3) is 0 Å². The molecule has 4 heteroatoms. The lowest BCUT2D eigenvalue weighted by Crippen LogP contribution is -2.48. The Bertz CT molecular complexity index is 216. The van der Waals surface area contributed by atoms with Crippen molar-refractivity contribution in [3.63, 3.8) is 0 Å². The van der Waals surface area contributed by atoms with E-state index in [9.17, 15) is 4.79 Å². The molecule has 0 rings (SSSR count). The third kappa shape index (κ3) is 4.94. The molecule has 0 bridgehead atoms. The Morgan fingerprint density at radius 1 is 1.44 bits per heavy atom. The standard InChI is InChI=1S/C12H27N3O/c1-6-10(3)8-15(7-2)9-12(4,5)11(16)14-13/h10H,6-9,13H2,1-5H3,(H,14,16). The lowest BCUT2D eigenvalue weighted by atomic mass is 9.91. The van der Waals surface area contributed by atoms with Crippen LogP contribution in [0.4, 0.5) is 0 Å². The first-order chi connectivity index (χ1) is 7.37. The number of nitrogens with zero attached hydrogens (tertiary/aromatic N) is 1. The van der Waals surface area contributed by atoms with Crippen LogP contribution in [0.25, 0.3) is 0 Å². The highest BCUT2D eigenvalue weighted by Crippen LogP contribution is 2.18. The lowest BCUT2D eigenvalue weighted by Gasteiger charge is -2.31. The normalized spacial score (nSPS) is 13.9. The minimum Gasteiger partial charge on any atom is -0.302 e. The van der Waals surface area contributed by atoms with Crippen LogP contribution in [0.3, 0.4) is 0 Å². The largest absolute Gasteiger partial charge is 0.302 e. The van der Waals surface area contributed by atoms with Crippen molar-refractivity contribution in [2.24, 2.45) is 17.2 Å². The molecule has 0 aromatic heterocycles. The van der Waals surface area contributed by atoms with E-state index >= 15 is 0 Å². The van der Waals surface area contributed by atoms with Gasteiger partial charge >= 0.3 is 0 Å². The minimum absolute atomic E-state index is 0.102. The van der Waals surface area contributed by atoms with E-state index in [1.54, 1.807) is 0 Å². The predicted molar refractivity (Wildman–Crippen MR) is 67.7 cm³/mol. The van der Waals surface area contributed by atoms with Crippen molar-refractivity contribution in [2.75, 3.05) is 19.6 Å². The van der Waals surface area contributed by atoms with Crippen LogP contribution in [0.5, 0.6) is 0 Å². The van der Waals surface area contributed by atoms with Gasteiger partial charge in [0, 0.05) is 13.1 Å². The zero-order valence-corrected chi connectivity index (χ0v) is 11.3. The summed E-state index contributed by atoms with van der Waals surface area (Å²) in [6, 6.07) is 0. The van der Waals surface area contributed by atoms with Gasteiger partial charge in [-0.3, -0.25) is 10.2 Å². The Morgan fingerprint density at radius 3 is 2.38 bits per heavy atom. The summed E-state index contributed by atoms with van der Waals surface area (Å²) in [4.78, 5) is 13.9. The second-order valence-corrected chi connectivity index (χ2v) is 5.20. The SMILES string of the molecule is CCC(C)CN(CC)CC(C)(C)C(=O)NN. The second kappa shape index (κ2) is 6.86. The highest BCUT2D eigenvalue weighted by molar-refractivity contribution is 5.81. The maximum absolute atomic E-state index is 11.6. The fraction of sp³-hybridized carbons (Fsp3) is 0.917. The highest BCUT2D eigenvalue weighted by Gasteiger charge is 2.29. The first kappa shape index (κ1) is 15.4. The number of amides is 1. The van der Waals surface area contributed by atoms with Gasteiger partial charge < -0.3 is 4.90 Å². The Hall–Kier alpha value is -0.610. The number of hydrogen-bond donors (Lipinski definition) is 2. The molecule has 0 fully saturated rings. The van der Waals surface area contributed by atoms with Crippen molar-refractivity contribution in [1.29, 1.82) is 0 Å². The molecule has 0 saturated carbocycles. The molecule has 0 spiro atoms. The van der Waals surface area contributed by atoms with Crippen LogP contribution >= 0.6 is 0 Å². The van der Waals surface area contributed by atoms with Gasteiger partial charge in [0.1, 0.15) is 0 Å². The maximum atomic E-state index is 11.6. The molecule has 96 valence electrons. The maximum Gasteiger partial charge on any atom is 0.240 e. The summed E-state index contributed by atoms with van der Waals surface area (Å²) in [5.74, 6) is 5.75. The van der Waals surface area contributed by atoms with Crippen molar-refractivity contribution < 1.29 is 4.79 Å². The summed E-state index contributed by atoms with van der Waals surface area (Å²) in [5, 5.41) is 0. The summed E-state index contributed by atoms with van der Waals surface area (Å²) in [6.07, 6.45) is 1.17. The molecule has 0 saturated heterocycles. The molecule has 0 aliphatic rings. The van der Waals surface area contributed by atoms with Crippen molar-refractivity contribution >= 4 is 5.91 Å². The Morgan fingerprint density at radius 2 is 2.00 bits per heavy atom. The highest BCUT2D eigenvalue weighted by atomic mass is 16.2. The topological polar surface area (TPSA) is 58.4 Å². The van der Waals surface area contributed by atoms with Crippen molar-refractivity contribution in [3.8, 4) is 0 Å². The third-order valence-electron chi connectivity index (χ3n) is 3.08. The average molecular weight is 229 g/mol. The van der Waals surface area contributed by atoms with Gasteiger partial charge in [-0.2, -0.15) is 0 Å². The number of hydrogen-bond acceptors (Lipinski definition) is 3. The van der Waals surface area contributed by atoms with Gasteiger partial charge in [-0.1, -0.05) is 27.2 Å². The average Bonchev–Trinajstić information content (AvgIpc) is 2.26. The Balaban J connectivity index is 4.35. The molecule has 4 nitrogen and oxygen atoms in total. The van der Waals surface area contributed by atoms with Crippen molar-refractivity contribution in [3.05, 3.63) is 0 Å². The smallest absolute Gasteiger partial charge is 0.240 e. The Labute approximate surface area is 99.5 Å². The molecule has 1 atom stereocenters. The Kier molecular flexibility index (Phi) is 6.60. The summed E-state index contributed by atoms with van der Waals surface area (Å²) < 4.78 is 0. The van der Waals surface area contributed by atoms with Crippen LogP contribution in [0.1, 0.15) is 41.0 Å². The summed E-state index contributed by atoms with van der Waals surface area (Å²) in [6.45, 7) is 13.1. The molecule has 0 aliphatic heterocycles. The number of carbonyl (C=O) groups excluding carboxylic acids is 1. The van der Waals surface area contributed by atoms with E-state index in [-0.39, 0.29) is 5.91 Å². The number of nitrogens with one attached hydrogen (secondary N) is 1. The molecule has 16 heavy (non-hydrogen) atoms. The molecule has 1 unspecified atom stereocenters. The van der Waals surface area contributed by atoms with E-state index < -0.39 is 5.41 Å². The molecule has 0 heterocycles. The first-order valence-corrected chi connectivity index (χ1v) is 6.10. The zero-order chi connectivity index (χ0) is 12.8. The van der Waals surface area contributed by atoms with Crippen LogP contribution in [0.15, 0.2) is 0 Å². The van der Waals surface area contributed by atoms with Crippen LogP contribution in [-0.4, -0.2) is 30.4 Å². The van der Waals surface area contributed by atoms with Crippen molar-refractivity contribution in [2.45, 2.75) is 41.0 Å². The second-order valence-electron chi connectivity index (χ2n) is 5.20. The van der Waals surface area contributed by atoms with Crippen LogP contribution < -0.4 is 11.3 Å². The molecule has 0 aromatic rings. The molecular weight excluding hydrogens is 202 g/mol. The summed E-state index contributed by atoms with van der Waals surface area (Å²) in [5.41, 5.74) is 1.80. The molecule has 0 aromatic carbocycles. The number of hydrazine groups is 1. The fourth-order valence-electron chi connectivity index (χ4n) is 1.70. The van der Waals surface area contributed by atoms with Crippen LogP contribution in [0, 0.1) is 11.3 Å². The van der Waals surface area contributed by atoms with E-state index in [1.807, 2.05) is 13.8 Å². The first-order valence-electron chi connectivity index (χ1n) is 6.10. The van der Waals surface area contributed by atoms with E-state index in [2.05, 4.69) is 31.1 Å². The number of carbonyl (C=O) groups is 1. The lowest BCUT2D eigenvalue weighted by molar-refractivity contribution is -0.130. The summed E-state index contributed by atoms with van der Waals surface area (Å²) in [7, 11) is 0. The minimum atomic E-state index is -0.432. The molecule has 0 radical (unpaired) electrons. The molecular formula is C12H27N3O. The van der Waals surface area contributed by atoms with Crippen molar-refractivity contribution in [1.82, 2.24) is 10.3 Å². The fourth-order valence-corrected chi connectivity index (χ4v) is 1.70. The van der Waals surface area contributed by atoms with Gasteiger partial charge in [0.2, 0.25) is 5.91 Å². The van der Waals surface area contributed by atoms with Crippen LogP contribution in [-0.2, 0) is 4.79 Å². The summed E-state index contributed by atoms with van der Waals surface area (Å²) >= 11 is 0. The molecule has 0 aliphatic carbocycles. The van der Waals surface area contributed by atoms with Gasteiger partial charge in [0.15, 0.2) is 0 Å². The van der Waals surface area contributed by atoms with E-state index in [4.69, 9.17) is 5.84 Å². The van der Waals surface area contributed by atoms with Gasteiger partial charge in [0.05, 0.1) is 5.41 Å². The van der Waals surface area contributed by atoms with Gasteiger partial charge in [-0.15, -0.1) is 0 Å². The third-order valence-corrected chi connectivity index (χ3v) is 3.08. The van der Waals surface area contributed by atoms with Gasteiger partial charge in [-0.25, -0.2) is 5.84 Å². The number of nitrogens with two attached hydrogens (primary N) is 1. The van der Waals surface area contributed by atoms with Gasteiger partial charge in [-0.05, 0) is 26.3 Å². The quantitative estimate of drug-likeness (QED) is 0.394. The van der Waals surface area contributed by atoms with E-state index in [0.29, 0.717) is 5.92 Å². The van der Waals surface area contributed by atoms with E-state index in [0.717, 1.165) is 19.6 Å². The predicted octanol–water partition coefficient (Wildman–Crippen LogP) is 1.37. The molecule has 3 N–H and O–H groups in total. The zero-order valence-electron chi connectivity index (χ0n) is 11.3. The molecule has 1 amide bonds. The number of rotatable bonds is 7. The van der Waals surface area contributed by atoms with E-state index in [1.165, 1.54) is 6.42 Å².